The Morgan fingerprint density at radius 2 is 1.87 bits per heavy atom. The van der Waals surface area contributed by atoms with Gasteiger partial charge in [-0.15, -0.1) is 0 Å². The average Bonchev–Trinajstić information content (AvgIpc) is 2.60. The molecule has 23 heavy (non-hydrogen) atoms. The Morgan fingerprint density at radius 3 is 2.57 bits per heavy atom. The van der Waals surface area contributed by atoms with Gasteiger partial charge in [0, 0.05) is 0 Å². The molecule has 0 N–H and O–H groups in total. The maximum Gasteiger partial charge on any atom is 0.308 e. The molecule has 0 amide bonds. The Morgan fingerprint density at radius 1 is 1.13 bits per heavy atom. The van der Waals surface area contributed by atoms with Gasteiger partial charge in [0.05, 0.1) is 13.0 Å². The first-order valence-corrected chi connectivity index (χ1v) is 8.32. The molecule has 0 bridgehead atoms. The van der Waals surface area contributed by atoms with Crippen LogP contribution in [0.15, 0.2) is 54.6 Å². The molecule has 0 aromatic heterocycles. The summed E-state index contributed by atoms with van der Waals surface area (Å²) >= 11 is 0. The lowest BCUT2D eigenvalue weighted by molar-refractivity contribution is -0.147. The summed E-state index contributed by atoms with van der Waals surface area (Å²) in [6.07, 6.45) is 2.75. The number of allylic oxidation sites excluding steroid dienone is 1. The number of carbonyl (C=O) groups excluding carboxylic acids is 1. The van der Waals surface area contributed by atoms with Crippen molar-refractivity contribution in [1.82, 2.24) is 0 Å². The van der Waals surface area contributed by atoms with E-state index in [0.29, 0.717) is 11.8 Å². The summed E-state index contributed by atoms with van der Waals surface area (Å²) < 4.78 is 4.98. The van der Waals surface area contributed by atoms with Gasteiger partial charge in [0.15, 0.2) is 0 Å². The van der Waals surface area contributed by atoms with Crippen LogP contribution in [0.2, 0.25) is 0 Å². The molecule has 1 fully saturated rings. The zero-order valence-electron chi connectivity index (χ0n) is 13.9. The summed E-state index contributed by atoms with van der Waals surface area (Å²) in [6, 6.07) is 15.1. The van der Waals surface area contributed by atoms with Crippen molar-refractivity contribution in [2.45, 2.75) is 32.1 Å². The number of methoxy groups -OCH3 is 1. The quantitative estimate of drug-likeness (QED) is 0.583. The summed E-state index contributed by atoms with van der Waals surface area (Å²) in [5.41, 5.74) is 2.52. The van der Waals surface area contributed by atoms with Crippen molar-refractivity contribution in [2.24, 2.45) is 11.8 Å². The molecule has 2 heteroatoms. The van der Waals surface area contributed by atoms with Gasteiger partial charge < -0.3 is 4.74 Å². The number of carbonyl (C=O) groups is 1. The highest BCUT2D eigenvalue weighted by Gasteiger charge is 2.35. The molecule has 1 aliphatic rings. The number of benzene rings is 2. The first kappa shape index (κ1) is 15.8. The van der Waals surface area contributed by atoms with Crippen LogP contribution >= 0.6 is 0 Å². The fourth-order valence-corrected chi connectivity index (χ4v) is 3.95. The van der Waals surface area contributed by atoms with Crippen LogP contribution in [-0.2, 0) is 9.53 Å². The molecule has 3 rings (SSSR count). The molecule has 0 saturated heterocycles. The molecule has 2 nitrogen and oxygen atoms in total. The molecule has 0 heterocycles. The minimum Gasteiger partial charge on any atom is -0.469 e. The Bertz CT molecular complexity index is 731. The SMILES string of the molecule is C=C(C)[C@@H]1CC[C@@H](C(=O)OC)C[C@H]1c1ccc2ccccc2c1. The molecule has 2 aromatic carbocycles. The number of ether oxygens (including phenoxy) is 1. The molecule has 0 unspecified atom stereocenters. The highest BCUT2D eigenvalue weighted by atomic mass is 16.5. The van der Waals surface area contributed by atoms with Crippen molar-refractivity contribution in [3.05, 3.63) is 60.2 Å². The fourth-order valence-electron chi connectivity index (χ4n) is 3.95. The average molecular weight is 308 g/mol. The van der Waals surface area contributed by atoms with Crippen molar-refractivity contribution in [1.29, 1.82) is 0 Å². The summed E-state index contributed by atoms with van der Waals surface area (Å²) in [6.45, 7) is 6.30. The third-order valence-corrected chi connectivity index (χ3v) is 5.22. The van der Waals surface area contributed by atoms with Crippen LogP contribution < -0.4 is 0 Å². The van der Waals surface area contributed by atoms with Gasteiger partial charge in [0.25, 0.3) is 0 Å². The zero-order chi connectivity index (χ0) is 16.4. The highest BCUT2D eigenvalue weighted by molar-refractivity contribution is 5.83. The maximum atomic E-state index is 12.0. The zero-order valence-corrected chi connectivity index (χ0v) is 13.9. The van der Waals surface area contributed by atoms with Crippen LogP contribution in [0.3, 0.4) is 0 Å². The van der Waals surface area contributed by atoms with Crippen LogP contribution in [0, 0.1) is 11.8 Å². The Hall–Kier alpha value is -2.09. The van der Waals surface area contributed by atoms with Crippen LogP contribution in [0.4, 0.5) is 0 Å². The van der Waals surface area contributed by atoms with E-state index in [1.165, 1.54) is 29.0 Å². The third kappa shape index (κ3) is 3.17. The second-order valence-electron chi connectivity index (χ2n) is 6.70. The molecular weight excluding hydrogens is 284 g/mol. The summed E-state index contributed by atoms with van der Waals surface area (Å²) in [5.74, 6) is 0.718. The molecule has 0 spiro atoms. The summed E-state index contributed by atoms with van der Waals surface area (Å²) in [5, 5.41) is 2.51. The van der Waals surface area contributed by atoms with Crippen LogP contribution in [0.25, 0.3) is 10.8 Å². The lowest BCUT2D eigenvalue weighted by atomic mass is 9.68. The van der Waals surface area contributed by atoms with Crippen molar-refractivity contribution in [2.75, 3.05) is 7.11 Å². The van der Waals surface area contributed by atoms with Gasteiger partial charge in [-0.05, 0) is 54.4 Å². The molecule has 0 aliphatic heterocycles. The van der Waals surface area contributed by atoms with E-state index in [4.69, 9.17) is 4.74 Å². The van der Waals surface area contributed by atoms with Crippen LogP contribution in [-0.4, -0.2) is 13.1 Å². The normalized spacial score (nSPS) is 24.3. The van der Waals surface area contributed by atoms with E-state index in [1.54, 1.807) is 0 Å². The second kappa shape index (κ2) is 6.57. The molecule has 0 radical (unpaired) electrons. The van der Waals surface area contributed by atoms with E-state index >= 15 is 0 Å². The van der Waals surface area contributed by atoms with E-state index in [2.05, 4.69) is 56.0 Å². The maximum absolute atomic E-state index is 12.0. The van der Waals surface area contributed by atoms with Gasteiger partial charge in [-0.1, -0.05) is 54.6 Å². The molecular formula is C21H24O2. The Kier molecular flexibility index (Phi) is 4.51. The van der Waals surface area contributed by atoms with E-state index in [1.807, 2.05) is 0 Å². The molecule has 2 aromatic rings. The van der Waals surface area contributed by atoms with Gasteiger partial charge in [0.2, 0.25) is 0 Å². The predicted octanol–water partition coefficient (Wildman–Crippen LogP) is 5.09. The van der Waals surface area contributed by atoms with Gasteiger partial charge >= 0.3 is 5.97 Å². The number of hydrogen-bond donors (Lipinski definition) is 0. The van der Waals surface area contributed by atoms with E-state index in [0.717, 1.165) is 19.3 Å². The van der Waals surface area contributed by atoms with E-state index in [-0.39, 0.29) is 11.9 Å². The lowest BCUT2D eigenvalue weighted by Gasteiger charge is -2.36. The van der Waals surface area contributed by atoms with Gasteiger partial charge in [-0.2, -0.15) is 0 Å². The van der Waals surface area contributed by atoms with Crippen molar-refractivity contribution >= 4 is 16.7 Å². The summed E-state index contributed by atoms with van der Waals surface area (Å²) in [4.78, 5) is 12.0. The van der Waals surface area contributed by atoms with Crippen molar-refractivity contribution < 1.29 is 9.53 Å². The number of hydrogen-bond acceptors (Lipinski definition) is 2. The van der Waals surface area contributed by atoms with E-state index < -0.39 is 0 Å². The van der Waals surface area contributed by atoms with Gasteiger partial charge in [-0.3, -0.25) is 4.79 Å². The van der Waals surface area contributed by atoms with Crippen LogP contribution in [0.5, 0.6) is 0 Å². The van der Waals surface area contributed by atoms with Crippen molar-refractivity contribution in [3.8, 4) is 0 Å². The highest BCUT2D eigenvalue weighted by Crippen LogP contribution is 2.44. The van der Waals surface area contributed by atoms with Gasteiger partial charge in [0.1, 0.15) is 0 Å². The second-order valence-corrected chi connectivity index (χ2v) is 6.70. The molecule has 1 aliphatic carbocycles. The predicted molar refractivity (Wildman–Crippen MR) is 94.4 cm³/mol. The third-order valence-electron chi connectivity index (χ3n) is 5.22. The lowest BCUT2D eigenvalue weighted by Crippen LogP contribution is -2.29. The smallest absolute Gasteiger partial charge is 0.308 e. The monoisotopic (exact) mass is 308 g/mol. The standard InChI is InChI=1S/C21H24O2/c1-14(2)19-11-10-18(21(22)23-3)13-20(19)17-9-8-15-6-4-5-7-16(15)12-17/h4-9,12,18-20H,1,10-11,13H2,2-3H3/t18-,19+,20+/m1/s1. The minimum atomic E-state index is -0.0732. The van der Waals surface area contributed by atoms with Crippen LogP contribution in [0.1, 0.15) is 37.7 Å². The first-order valence-electron chi connectivity index (χ1n) is 8.32. The first-order chi connectivity index (χ1) is 11.1. The minimum absolute atomic E-state index is 0.00655. The number of rotatable bonds is 3. The topological polar surface area (TPSA) is 26.3 Å². The van der Waals surface area contributed by atoms with E-state index in [9.17, 15) is 4.79 Å². The Balaban J connectivity index is 1.96. The number of fused-ring (bicyclic) bond motifs is 1. The molecule has 120 valence electrons. The van der Waals surface area contributed by atoms with Gasteiger partial charge in [-0.25, -0.2) is 0 Å². The Labute approximate surface area is 138 Å². The van der Waals surface area contributed by atoms with Crippen molar-refractivity contribution in [3.63, 3.8) is 0 Å². The summed E-state index contributed by atoms with van der Waals surface area (Å²) in [7, 11) is 1.48. The molecule has 3 atom stereocenters. The number of esters is 1. The fraction of sp³-hybridized carbons (Fsp3) is 0.381. The largest absolute Gasteiger partial charge is 0.469 e. The molecule has 1 saturated carbocycles.